The Balaban J connectivity index is 3.13. The molecule has 0 aromatic carbocycles. The number of aryl methyl sites for hydroxylation is 1. The minimum Gasteiger partial charge on any atom is -0.331 e. The Morgan fingerprint density at radius 1 is 1.75 bits per heavy atom. The number of imidazole rings is 1. The van der Waals surface area contributed by atoms with Crippen LogP contribution in [0.25, 0.3) is 6.08 Å². The maximum Gasteiger partial charge on any atom is 0.106 e. The molecule has 0 unspecified atom stereocenters. The SMILES string of the molecule is C=Cc1c(C=NC)ncn1CC. The Hall–Kier alpha value is -1.38. The summed E-state index contributed by atoms with van der Waals surface area (Å²) in [4.78, 5) is 8.10. The van der Waals surface area contributed by atoms with Crippen LogP contribution in [0.3, 0.4) is 0 Å². The van der Waals surface area contributed by atoms with Crippen LogP contribution >= 0.6 is 0 Å². The van der Waals surface area contributed by atoms with E-state index >= 15 is 0 Å². The van der Waals surface area contributed by atoms with Gasteiger partial charge in [-0.2, -0.15) is 0 Å². The van der Waals surface area contributed by atoms with Crippen molar-refractivity contribution in [1.29, 1.82) is 0 Å². The molecule has 0 amide bonds. The van der Waals surface area contributed by atoms with Gasteiger partial charge in [0.1, 0.15) is 5.69 Å². The van der Waals surface area contributed by atoms with E-state index in [-0.39, 0.29) is 0 Å². The summed E-state index contributed by atoms with van der Waals surface area (Å²) < 4.78 is 2.03. The molecule has 0 saturated heterocycles. The third-order valence-corrected chi connectivity index (χ3v) is 1.69. The minimum absolute atomic E-state index is 0.884. The van der Waals surface area contributed by atoms with Crippen molar-refractivity contribution in [3.63, 3.8) is 0 Å². The van der Waals surface area contributed by atoms with E-state index in [9.17, 15) is 0 Å². The summed E-state index contributed by atoms with van der Waals surface area (Å²) >= 11 is 0. The van der Waals surface area contributed by atoms with Crippen molar-refractivity contribution in [2.75, 3.05) is 7.05 Å². The van der Waals surface area contributed by atoms with Crippen molar-refractivity contribution in [3.8, 4) is 0 Å². The third kappa shape index (κ3) is 1.44. The highest BCUT2D eigenvalue weighted by molar-refractivity contribution is 5.81. The Morgan fingerprint density at radius 3 is 3.00 bits per heavy atom. The average Bonchev–Trinajstić information content (AvgIpc) is 2.47. The van der Waals surface area contributed by atoms with E-state index in [1.807, 2.05) is 4.57 Å². The molecule has 3 nitrogen and oxygen atoms in total. The first kappa shape index (κ1) is 8.71. The van der Waals surface area contributed by atoms with Gasteiger partial charge in [-0.15, -0.1) is 0 Å². The number of nitrogens with zero attached hydrogens (tertiary/aromatic N) is 3. The third-order valence-electron chi connectivity index (χ3n) is 1.69. The van der Waals surface area contributed by atoms with Gasteiger partial charge in [0.2, 0.25) is 0 Å². The highest BCUT2D eigenvalue weighted by Gasteiger charge is 2.02. The summed E-state index contributed by atoms with van der Waals surface area (Å²) in [5.41, 5.74) is 1.91. The van der Waals surface area contributed by atoms with Crippen LogP contribution < -0.4 is 0 Å². The van der Waals surface area contributed by atoms with Gasteiger partial charge in [0.25, 0.3) is 0 Å². The smallest absolute Gasteiger partial charge is 0.106 e. The molecule has 0 bridgehead atoms. The lowest BCUT2D eigenvalue weighted by atomic mass is 10.3. The predicted octanol–water partition coefficient (Wildman–Crippen LogP) is 1.59. The van der Waals surface area contributed by atoms with Gasteiger partial charge in [0.05, 0.1) is 12.0 Å². The first-order chi connectivity index (χ1) is 5.83. The molecular weight excluding hydrogens is 150 g/mol. The summed E-state index contributed by atoms with van der Waals surface area (Å²) in [5, 5.41) is 0. The predicted molar refractivity (Wildman–Crippen MR) is 51.5 cm³/mol. The standard InChI is InChI=1S/C9H13N3/c1-4-9-8(6-10-3)11-7-12(9)5-2/h4,6-7H,1,5H2,2-3H3. The molecule has 0 radical (unpaired) electrons. The van der Waals surface area contributed by atoms with Crippen LogP contribution in [0.1, 0.15) is 18.3 Å². The Morgan fingerprint density at radius 2 is 2.50 bits per heavy atom. The highest BCUT2D eigenvalue weighted by atomic mass is 15.0. The Bertz CT molecular complexity index is 297. The van der Waals surface area contributed by atoms with Crippen LogP contribution in [0.15, 0.2) is 17.9 Å². The average molecular weight is 163 g/mol. The van der Waals surface area contributed by atoms with Gasteiger partial charge < -0.3 is 4.57 Å². The van der Waals surface area contributed by atoms with Crippen LogP contribution in [0.5, 0.6) is 0 Å². The van der Waals surface area contributed by atoms with E-state index in [1.54, 1.807) is 25.7 Å². The van der Waals surface area contributed by atoms with Crippen LogP contribution in [0, 0.1) is 0 Å². The molecular formula is C9H13N3. The number of hydrogen-bond donors (Lipinski definition) is 0. The Labute approximate surface area is 72.5 Å². The monoisotopic (exact) mass is 163 g/mol. The van der Waals surface area contributed by atoms with Crippen molar-refractivity contribution in [3.05, 3.63) is 24.3 Å². The van der Waals surface area contributed by atoms with E-state index in [0.29, 0.717) is 0 Å². The number of hydrogen-bond acceptors (Lipinski definition) is 2. The molecule has 3 heteroatoms. The topological polar surface area (TPSA) is 30.2 Å². The van der Waals surface area contributed by atoms with Crippen molar-refractivity contribution in [2.24, 2.45) is 4.99 Å². The number of rotatable bonds is 3. The van der Waals surface area contributed by atoms with E-state index in [0.717, 1.165) is 17.9 Å². The minimum atomic E-state index is 0.884. The molecule has 0 aliphatic heterocycles. The van der Waals surface area contributed by atoms with Crippen molar-refractivity contribution in [1.82, 2.24) is 9.55 Å². The van der Waals surface area contributed by atoms with E-state index < -0.39 is 0 Å². The lowest BCUT2D eigenvalue weighted by Crippen LogP contribution is -1.95. The first-order valence-electron chi connectivity index (χ1n) is 3.93. The molecule has 0 atom stereocenters. The van der Waals surface area contributed by atoms with Crippen molar-refractivity contribution < 1.29 is 0 Å². The molecule has 0 aliphatic carbocycles. The van der Waals surface area contributed by atoms with E-state index in [1.165, 1.54) is 0 Å². The molecule has 1 aromatic rings. The fourth-order valence-electron chi connectivity index (χ4n) is 1.10. The van der Waals surface area contributed by atoms with Gasteiger partial charge in [-0.25, -0.2) is 4.98 Å². The van der Waals surface area contributed by atoms with Crippen LogP contribution in [0.2, 0.25) is 0 Å². The van der Waals surface area contributed by atoms with Gasteiger partial charge in [0.15, 0.2) is 0 Å². The normalized spacial score (nSPS) is 10.8. The van der Waals surface area contributed by atoms with Gasteiger partial charge in [-0.3, -0.25) is 4.99 Å². The second-order valence-electron chi connectivity index (χ2n) is 2.39. The Kier molecular flexibility index (Phi) is 2.80. The fraction of sp³-hybridized carbons (Fsp3) is 0.333. The van der Waals surface area contributed by atoms with Crippen LogP contribution in [-0.2, 0) is 6.54 Å². The summed E-state index contributed by atoms with van der Waals surface area (Å²) in [6, 6.07) is 0. The summed E-state index contributed by atoms with van der Waals surface area (Å²) in [6.07, 6.45) is 5.34. The number of aromatic nitrogens is 2. The molecule has 1 aromatic heterocycles. The fourth-order valence-corrected chi connectivity index (χ4v) is 1.10. The molecule has 0 spiro atoms. The van der Waals surface area contributed by atoms with E-state index in [4.69, 9.17) is 0 Å². The van der Waals surface area contributed by atoms with Gasteiger partial charge in [0, 0.05) is 19.8 Å². The molecule has 1 rings (SSSR count). The highest BCUT2D eigenvalue weighted by Crippen LogP contribution is 2.06. The van der Waals surface area contributed by atoms with E-state index in [2.05, 4.69) is 23.5 Å². The first-order valence-corrected chi connectivity index (χ1v) is 3.93. The molecule has 12 heavy (non-hydrogen) atoms. The number of aliphatic imine (C=N–C) groups is 1. The zero-order valence-electron chi connectivity index (χ0n) is 7.49. The van der Waals surface area contributed by atoms with Gasteiger partial charge in [-0.1, -0.05) is 6.58 Å². The van der Waals surface area contributed by atoms with Gasteiger partial charge >= 0.3 is 0 Å². The molecule has 0 fully saturated rings. The summed E-state index contributed by atoms with van der Waals surface area (Å²) in [5.74, 6) is 0. The van der Waals surface area contributed by atoms with Gasteiger partial charge in [-0.05, 0) is 13.0 Å². The maximum atomic E-state index is 4.19. The molecule has 0 saturated carbocycles. The summed E-state index contributed by atoms with van der Waals surface area (Å²) in [7, 11) is 1.73. The van der Waals surface area contributed by atoms with Crippen LogP contribution in [0.4, 0.5) is 0 Å². The summed E-state index contributed by atoms with van der Waals surface area (Å²) in [6.45, 7) is 6.71. The van der Waals surface area contributed by atoms with Crippen LogP contribution in [-0.4, -0.2) is 22.8 Å². The van der Waals surface area contributed by atoms with Crippen molar-refractivity contribution >= 4 is 12.3 Å². The lowest BCUT2D eigenvalue weighted by molar-refractivity contribution is 0.754. The molecule has 1 heterocycles. The maximum absolute atomic E-state index is 4.19. The second-order valence-corrected chi connectivity index (χ2v) is 2.39. The van der Waals surface area contributed by atoms with Crippen molar-refractivity contribution in [2.45, 2.75) is 13.5 Å². The molecule has 64 valence electrons. The lowest BCUT2D eigenvalue weighted by Gasteiger charge is -1.99. The molecule has 0 N–H and O–H groups in total. The molecule has 0 aliphatic rings. The zero-order chi connectivity index (χ0) is 8.97. The second kappa shape index (κ2) is 3.85. The largest absolute Gasteiger partial charge is 0.331 e. The quantitative estimate of drug-likeness (QED) is 0.622. The zero-order valence-corrected chi connectivity index (χ0v) is 7.49.